The van der Waals surface area contributed by atoms with Crippen molar-refractivity contribution >= 4 is 21.4 Å². The zero-order chi connectivity index (χ0) is 12.5. The Morgan fingerprint density at radius 3 is 2.44 bits per heavy atom. The molecule has 0 heterocycles. The van der Waals surface area contributed by atoms with E-state index in [-0.39, 0.29) is 10.6 Å². The largest absolute Gasteiger partial charge is 0.398 e. The van der Waals surface area contributed by atoms with Gasteiger partial charge in [0.1, 0.15) is 11.1 Å². The van der Waals surface area contributed by atoms with Crippen LogP contribution in [0.15, 0.2) is 23.1 Å². The number of anilines is 1. The lowest BCUT2D eigenvalue weighted by Gasteiger charge is -2.11. The van der Waals surface area contributed by atoms with Crippen LogP contribution in [0.5, 0.6) is 0 Å². The molecule has 4 N–H and O–H groups in total. The number of halogens is 1. The van der Waals surface area contributed by atoms with E-state index in [4.69, 9.17) is 11.5 Å². The van der Waals surface area contributed by atoms with Gasteiger partial charge in [0.2, 0.25) is 5.91 Å². The van der Waals surface area contributed by atoms with Crippen molar-refractivity contribution in [1.29, 1.82) is 0 Å². The van der Waals surface area contributed by atoms with E-state index in [1.165, 1.54) is 0 Å². The second kappa shape index (κ2) is 4.09. The van der Waals surface area contributed by atoms with Gasteiger partial charge in [-0.25, -0.2) is 12.8 Å². The van der Waals surface area contributed by atoms with Crippen molar-refractivity contribution in [3.63, 3.8) is 0 Å². The predicted octanol–water partition coefficient (Wildman–Crippen LogP) is 0.0554. The summed E-state index contributed by atoms with van der Waals surface area (Å²) in [5.41, 5.74) is 10.0. The third-order valence-corrected chi connectivity index (χ3v) is 4.29. The predicted molar refractivity (Wildman–Crippen MR) is 56.7 cm³/mol. The molecule has 1 rings (SSSR count). The Balaban J connectivity index is 3.33. The summed E-state index contributed by atoms with van der Waals surface area (Å²) in [4.78, 5) is 10.5. The Labute approximate surface area is 92.2 Å². The van der Waals surface area contributed by atoms with E-state index in [9.17, 15) is 17.6 Å². The molecule has 1 aromatic carbocycles. The number of benzene rings is 1. The molecule has 88 valence electrons. The Bertz CT molecular complexity index is 528. The SMILES string of the molecule is CC(C(N)=O)S(=O)(=O)c1ccc(F)cc1N. The molecule has 0 aliphatic carbocycles. The van der Waals surface area contributed by atoms with Gasteiger partial charge in [-0.05, 0) is 25.1 Å². The Hall–Kier alpha value is -1.63. The second-order valence-corrected chi connectivity index (χ2v) is 5.51. The maximum atomic E-state index is 12.7. The topological polar surface area (TPSA) is 103 Å². The zero-order valence-corrected chi connectivity index (χ0v) is 9.29. The van der Waals surface area contributed by atoms with Gasteiger partial charge < -0.3 is 11.5 Å². The molecule has 0 saturated carbocycles. The first-order valence-corrected chi connectivity index (χ1v) is 5.89. The lowest BCUT2D eigenvalue weighted by atomic mass is 10.3. The monoisotopic (exact) mass is 246 g/mol. The molecular formula is C9H11FN2O3S. The number of hydrogen-bond acceptors (Lipinski definition) is 4. The van der Waals surface area contributed by atoms with Crippen molar-refractivity contribution in [2.45, 2.75) is 17.1 Å². The number of carbonyl (C=O) groups excluding carboxylic acids is 1. The minimum absolute atomic E-state index is 0.242. The smallest absolute Gasteiger partial charge is 0.235 e. The highest BCUT2D eigenvalue weighted by molar-refractivity contribution is 7.93. The van der Waals surface area contributed by atoms with E-state index in [1.54, 1.807) is 0 Å². The summed E-state index contributed by atoms with van der Waals surface area (Å²) in [7, 11) is -3.95. The van der Waals surface area contributed by atoms with Crippen LogP contribution in [-0.2, 0) is 14.6 Å². The summed E-state index contributed by atoms with van der Waals surface area (Å²) in [6.07, 6.45) is 0. The van der Waals surface area contributed by atoms with Gasteiger partial charge in [0, 0.05) is 0 Å². The fraction of sp³-hybridized carbons (Fsp3) is 0.222. The van der Waals surface area contributed by atoms with Crippen LogP contribution >= 0.6 is 0 Å². The molecule has 0 radical (unpaired) electrons. The highest BCUT2D eigenvalue weighted by Crippen LogP contribution is 2.23. The Morgan fingerprint density at radius 1 is 1.44 bits per heavy atom. The highest BCUT2D eigenvalue weighted by atomic mass is 32.2. The first-order valence-electron chi connectivity index (χ1n) is 4.35. The van der Waals surface area contributed by atoms with Gasteiger partial charge in [-0.3, -0.25) is 4.79 Å². The van der Waals surface area contributed by atoms with Crippen LogP contribution < -0.4 is 11.5 Å². The number of nitrogen functional groups attached to an aromatic ring is 1. The van der Waals surface area contributed by atoms with E-state index in [2.05, 4.69) is 0 Å². The molecule has 1 amide bonds. The molecule has 7 heteroatoms. The van der Waals surface area contributed by atoms with Crippen molar-refractivity contribution < 1.29 is 17.6 Å². The number of carbonyl (C=O) groups is 1. The average Bonchev–Trinajstić information content (AvgIpc) is 2.15. The molecule has 0 bridgehead atoms. The number of rotatable bonds is 3. The summed E-state index contributed by atoms with van der Waals surface area (Å²) >= 11 is 0. The molecule has 0 spiro atoms. The number of primary amides is 1. The van der Waals surface area contributed by atoms with E-state index in [0.29, 0.717) is 0 Å². The zero-order valence-electron chi connectivity index (χ0n) is 8.48. The summed E-state index contributed by atoms with van der Waals surface area (Å²) in [6, 6.07) is 2.84. The summed E-state index contributed by atoms with van der Waals surface area (Å²) < 4.78 is 36.3. The maximum absolute atomic E-state index is 12.7. The number of hydrogen-bond donors (Lipinski definition) is 2. The molecule has 1 unspecified atom stereocenters. The first-order chi connectivity index (χ1) is 7.26. The van der Waals surface area contributed by atoms with Gasteiger partial charge in [-0.15, -0.1) is 0 Å². The average molecular weight is 246 g/mol. The van der Waals surface area contributed by atoms with E-state index in [0.717, 1.165) is 25.1 Å². The molecule has 1 aromatic rings. The minimum Gasteiger partial charge on any atom is -0.398 e. The fourth-order valence-corrected chi connectivity index (χ4v) is 2.45. The molecule has 0 saturated heterocycles. The molecule has 0 aromatic heterocycles. The highest BCUT2D eigenvalue weighted by Gasteiger charge is 2.29. The summed E-state index contributed by atoms with van der Waals surface area (Å²) in [5, 5.41) is -1.40. The molecule has 1 atom stereocenters. The fourth-order valence-electron chi connectivity index (χ4n) is 1.12. The Kier molecular flexibility index (Phi) is 3.18. The number of amides is 1. The van der Waals surface area contributed by atoms with Crippen LogP contribution in [0.25, 0.3) is 0 Å². The third-order valence-electron chi connectivity index (χ3n) is 2.14. The van der Waals surface area contributed by atoms with E-state index >= 15 is 0 Å². The number of sulfone groups is 1. The summed E-state index contributed by atoms with van der Waals surface area (Å²) in [6.45, 7) is 1.15. The van der Waals surface area contributed by atoms with Gasteiger partial charge >= 0.3 is 0 Å². The molecule has 16 heavy (non-hydrogen) atoms. The van der Waals surface area contributed by atoms with Crippen molar-refractivity contribution in [1.82, 2.24) is 0 Å². The third kappa shape index (κ3) is 2.13. The van der Waals surface area contributed by atoms with Crippen molar-refractivity contribution in [3.8, 4) is 0 Å². The Morgan fingerprint density at radius 2 is 2.00 bits per heavy atom. The molecular weight excluding hydrogens is 235 g/mol. The van der Waals surface area contributed by atoms with Crippen LogP contribution in [0.3, 0.4) is 0 Å². The van der Waals surface area contributed by atoms with Gasteiger partial charge in [0.05, 0.1) is 10.6 Å². The van der Waals surface area contributed by atoms with Gasteiger partial charge in [-0.1, -0.05) is 0 Å². The molecule has 0 fully saturated rings. The number of nitrogens with two attached hydrogens (primary N) is 2. The van der Waals surface area contributed by atoms with Gasteiger partial charge in [0.25, 0.3) is 0 Å². The second-order valence-electron chi connectivity index (χ2n) is 3.27. The summed E-state index contributed by atoms with van der Waals surface area (Å²) in [5.74, 6) is -1.63. The maximum Gasteiger partial charge on any atom is 0.235 e. The molecule has 0 aliphatic rings. The lowest BCUT2D eigenvalue weighted by Crippen LogP contribution is -2.33. The van der Waals surface area contributed by atoms with Crippen LogP contribution in [0.2, 0.25) is 0 Å². The van der Waals surface area contributed by atoms with Crippen LogP contribution in [0.4, 0.5) is 10.1 Å². The van der Waals surface area contributed by atoms with Gasteiger partial charge in [0.15, 0.2) is 9.84 Å². The quantitative estimate of drug-likeness (QED) is 0.581. The van der Waals surface area contributed by atoms with Crippen molar-refractivity contribution in [2.75, 3.05) is 5.73 Å². The normalized spacial score (nSPS) is 13.4. The van der Waals surface area contributed by atoms with Crippen molar-refractivity contribution in [2.24, 2.45) is 5.73 Å². The van der Waals surface area contributed by atoms with Gasteiger partial charge in [-0.2, -0.15) is 0 Å². The standard InChI is InChI=1S/C9H11FN2O3S/c1-5(9(12)13)16(14,15)8-3-2-6(10)4-7(8)11/h2-5H,11H2,1H3,(H2,12,13). The minimum atomic E-state index is -3.95. The van der Waals surface area contributed by atoms with Crippen LogP contribution in [-0.4, -0.2) is 19.6 Å². The first kappa shape index (κ1) is 12.4. The molecule has 0 aliphatic heterocycles. The molecule has 5 nitrogen and oxygen atoms in total. The lowest BCUT2D eigenvalue weighted by molar-refractivity contribution is -0.117. The van der Waals surface area contributed by atoms with Crippen LogP contribution in [0, 0.1) is 5.82 Å². The van der Waals surface area contributed by atoms with Crippen LogP contribution in [0.1, 0.15) is 6.92 Å². The van der Waals surface area contributed by atoms with Crippen molar-refractivity contribution in [3.05, 3.63) is 24.0 Å². The van der Waals surface area contributed by atoms with E-state index in [1.807, 2.05) is 0 Å². The van der Waals surface area contributed by atoms with E-state index < -0.39 is 26.8 Å².